The van der Waals surface area contributed by atoms with Gasteiger partial charge in [0.25, 0.3) is 0 Å². The number of benzene rings is 1. The zero-order valence-electron chi connectivity index (χ0n) is 11.7. The Morgan fingerprint density at radius 3 is 2.35 bits per heavy atom. The molecule has 4 bridgehead atoms. The molecule has 20 heavy (non-hydrogen) atoms. The average Bonchev–Trinajstić information content (AvgIpc) is 2.35. The number of halogens is 1. The molecule has 5 rings (SSSR count). The highest BCUT2D eigenvalue weighted by Crippen LogP contribution is 2.64. The molecule has 0 spiro atoms. The lowest BCUT2D eigenvalue weighted by atomic mass is 9.49. The number of phenolic OH excluding ortho intramolecular Hbond substituents is 1. The first-order valence-corrected chi connectivity index (χ1v) is 8.55. The Labute approximate surface area is 129 Å². The maximum atomic E-state index is 9.35. The maximum absolute atomic E-state index is 9.35. The summed E-state index contributed by atoms with van der Waals surface area (Å²) in [7, 11) is 0. The lowest BCUT2D eigenvalue weighted by Gasteiger charge is -2.60. The van der Waals surface area contributed by atoms with Crippen molar-refractivity contribution in [2.75, 3.05) is 11.9 Å². The summed E-state index contributed by atoms with van der Waals surface area (Å²) >= 11 is 4.07. The van der Waals surface area contributed by atoms with E-state index in [1.54, 1.807) is 12.1 Å². The van der Waals surface area contributed by atoms with Crippen molar-refractivity contribution in [1.29, 1.82) is 0 Å². The minimum atomic E-state index is 0.338. The summed E-state index contributed by atoms with van der Waals surface area (Å²) in [4.78, 5) is 0. The molecular formula is C17H22BrNO. The molecule has 4 aliphatic rings. The second-order valence-corrected chi connectivity index (χ2v) is 9.19. The summed E-state index contributed by atoms with van der Waals surface area (Å²) < 4.78 is 0.438. The first kappa shape index (κ1) is 13.0. The quantitative estimate of drug-likeness (QED) is 0.627. The maximum Gasteiger partial charge on any atom is 0.115 e. The van der Waals surface area contributed by atoms with Crippen molar-refractivity contribution in [3.8, 4) is 5.75 Å². The van der Waals surface area contributed by atoms with E-state index in [0.717, 1.165) is 24.1 Å². The van der Waals surface area contributed by atoms with Crippen molar-refractivity contribution in [2.45, 2.75) is 42.8 Å². The number of alkyl halides is 1. The Hall–Kier alpha value is -0.700. The van der Waals surface area contributed by atoms with Crippen molar-refractivity contribution in [3.05, 3.63) is 24.3 Å². The van der Waals surface area contributed by atoms with Gasteiger partial charge in [0.2, 0.25) is 0 Å². The van der Waals surface area contributed by atoms with Gasteiger partial charge in [-0.05, 0) is 80.0 Å². The van der Waals surface area contributed by atoms with E-state index in [2.05, 4.69) is 21.2 Å². The van der Waals surface area contributed by atoms with Crippen LogP contribution in [0.2, 0.25) is 0 Å². The topological polar surface area (TPSA) is 32.3 Å². The molecular weight excluding hydrogens is 314 g/mol. The molecule has 4 saturated carbocycles. The Morgan fingerprint density at radius 1 is 1.10 bits per heavy atom. The van der Waals surface area contributed by atoms with E-state index >= 15 is 0 Å². The molecule has 0 heterocycles. The lowest BCUT2D eigenvalue weighted by Crippen LogP contribution is -2.55. The van der Waals surface area contributed by atoms with E-state index in [-0.39, 0.29) is 0 Å². The SMILES string of the molecule is Oc1ccc(NCC23CC4CC(CC(Br)(C4)C2)C3)cc1. The van der Waals surface area contributed by atoms with Crippen LogP contribution in [-0.2, 0) is 0 Å². The predicted octanol–water partition coefficient (Wildman–Crippen LogP) is 4.54. The second-order valence-electron chi connectivity index (χ2n) is 7.51. The highest BCUT2D eigenvalue weighted by Gasteiger charge is 2.56. The third-order valence-electron chi connectivity index (χ3n) is 5.65. The first-order chi connectivity index (χ1) is 9.54. The molecule has 4 aliphatic carbocycles. The summed E-state index contributed by atoms with van der Waals surface area (Å²) in [6.45, 7) is 1.08. The fraction of sp³-hybridized carbons (Fsp3) is 0.647. The Bertz CT molecular complexity index is 498. The van der Waals surface area contributed by atoms with E-state index in [1.807, 2.05) is 12.1 Å². The average molecular weight is 336 g/mol. The number of hydrogen-bond donors (Lipinski definition) is 2. The fourth-order valence-corrected chi connectivity index (χ4v) is 6.92. The highest BCUT2D eigenvalue weighted by molar-refractivity contribution is 9.10. The molecule has 4 fully saturated rings. The Morgan fingerprint density at radius 2 is 1.75 bits per heavy atom. The molecule has 2 N–H and O–H groups in total. The van der Waals surface area contributed by atoms with Gasteiger partial charge >= 0.3 is 0 Å². The molecule has 108 valence electrons. The van der Waals surface area contributed by atoms with Gasteiger partial charge in [-0.15, -0.1) is 0 Å². The summed E-state index contributed by atoms with van der Waals surface area (Å²) in [5, 5.41) is 13.0. The standard InChI is InChI=1S/C17H22BrNO/c18-17-8-12-5-13(9-17)7-16(6-12,10-17)11-19-14-1-3-15(20)4-2-14/h1-4,12-13,19-20H,5-11H2. The van der Waals surface area contributed by atoms with Gasteiger partial charge in [0, 0.05) is 16.6 Å². The van der Waals surface area contributed by atoms with Crippen molar-refractivity contribution in [2.24, 2.45) is 17.3 Å². The van der Waals surface area contributed by atoms with E-state index in [9.17, 15) is 5.11 Å². The van der Waals surface area contributed by atoms with Crippen molar-refractivity contribution in [1.82, 2.24) is 0 Å². The van der Waals surface area contributed by atoms with Crippen LogP contribution in [0.5, 0.6) is 5.75 Å². The third kappa shape index (κ3) is 2.24. The van der Waals surface area contributed by atoms with E-state index < -0.39 is 0 Å². The lowest BCUT2D eigenvalue weighted by molar-refractivity contribution is -0.0262. The summed E-state index contributed by atoms with van der Waals surface area (Å²) in [5.74, 6) is 2.22. The van der Waals surface area contributed by atoms with Gasteiger partial charge in [0.05, 0.1) is 0 Å². The summed E-state index contributed by atoms with van der Waals surface area (Å²) in [6, 6.07) is 7.46. The largest absolute Gasteiger partial charge is 0.508 e. The van der Waals surface area contributed by atoms with E-state index in [4.69, 9.17) is 0 Å². The minimum Gasteiger partial charge on any atom is -0.508 e. The number of phenols is 1. The van der Waals surface area contributed by atoms with Gasteiger partial charge in [0.15, 0.2) is 0 Å². The minimum absolute atomic E-state index is 0.338. The predicted molar refractivity (Wildman–Crippen MR) is 85.4 cm³/mol. The smallest absolute Gasteiger partial charge is 0.115 e. The van der Waals surface area contributed by atoms with Crippen LogP contribution in [0.4, 0.5) is 5.69 Å². The molecule has 3 heteroatoms. The number of nitrogens with one attached hydrogen (secondary N) is 1. The monoisotopic (exact) mass is 335 g/mol. The van der Waals surface area contributed by atoms with Crippen LogP contribution in [0, 0.1) is 17.3 Å². The molecule has 0 saturated heterocycles. The molecule has 0 amide bonds. The van der Waals surface area contributed by atoms with Crippen LogP contribution in [0.3, 0.4) is 0 Å². The highest BCUT2D eigenvalue weighted by atomic mass is 79.9. The zero-order valence-corrected chi connectivity index (χ0v) is 13.3. The van der Waals surface area contributed by atoms with Gasteiger partial charge in [0.1, 0.15) is 5.75 Å². The number of rotatable bonds is 3. The normalized spacial score (nSPS) is 41.9. The van der Waals surface area contributed by atoms with Crippen LogP contribution in [0.15, 0.2) is 24.3 Å². The summed E-state index contributed by atoms with van der Waals surface area (Å²) in [6.07, 6.45) is 8.39. The second kappa shape index (κ2) is 4.40. The number of aromatic hydroxyl groups is 1. The molecule has 1 aromatic rings. The molecule has 2 nitrogen and oxygen atoms in total. The molecule has 0 aromatic heterocycles. The molecule has 0 aliphatic heterocycles. The van der Waals surface area contributed by atoms with Gasteiger partial charge in [-0.25, -0.2) is 0 Å². The van der Waals surface area contributed by atoms with E-state index in [1.165, 1.54) is 38.5 Å². The van der Waals surface area contributed by atoms with E-state index in [0.29, 0.717) is 15.5 Å². The van der Waals surface area contributed by atoms with Crippen LogP contribution >= 0.6 is 15.9 Å². The van der Waals surface area contributed by atoms with Gasteiger partial charge in [-0.3, -0.25) is 0 Å². The fourth-order valence-electron chi connectivity index (χ4n) is 5.41. The van der Waals surface area contributed by atoms with Crippen LogP contribution in [0.1, 0.15) is 38.5 Å². The van der Waals surface area contributed by atoms with Crippen molar-refractivity contribution >= 4 is 21.6 Å². The van der Waals surface area contributed by atoms with Crippen LogP contribution in [0.25, 0.3) is 0 Å². The number of anilines is 1. The van der Waals surface area contributed by atoms with Gasteiger partial charge in [-0.2, -0.15) is 0 Å². The summed E-state index contributed by atoms with van der Waals surface area (Å²) in [5.41, 5.74) is 1.62. The number of hydrogen-bond acceptors (Lipinski definition) is 2. The van der Waals surface area contributed by atoms with Crippen molar-refractivity contribution < 1.29 is 5.11 Å². The third-order valence-corrected chi connectivity index (χ3v) is 6.57. The zero-order chi connectivity index (χ0) is 13.8. The molecule has 0 radical (unpaired) electrons. The van der Waals surface area contributed by atoms with Crippen LogP contribution < -0.4 is 5.32 Å². The van der Waals surface area contributed by atoms with Gasteiger partial charge in [-0.1, -0.05) is 15.9 Å². The van der Waals surface area contributed by atoms with Crippen molar-refractivity contribution in [3.63, 3.8) is 0 Å². The first-order valence-electron chi connectivity index (χ1n) is 7.76. The molecule has 2 unspecified atom stereocenters. The van der Waals surface area contributed by atoms with Gasteiger partial charge < -0.3 is 10.4 Å². The van der Waals surface area contributed by atoms with Crippen LogP contribution in [-0.4, -0.2) is 16.0 Å². The molecule has 1 aromatic carbocycles. The molecule has 2 atom stereocenters. The Balaban J connectivity index is 1.49. The Kier molecular flexibility index (Phi) is 2.86.